The van der Waals surface area contributed by atoms with Crippen molar-refractivity contribution in [1.82, 2.24) is 5.48 Å². The molecule has 0 atom stereocenters. The number of carbonyl (C=O) groups is 1. The molecular weight excluding hydrogens is 506 g/mol. The predicted molar refractivity (Wildman–Crippen MR) is 125 cm³/mol. The van der Waals surface area contributed by atoms with Gasteiger partial charge in [-0.25, -0.2) is 4.79 Å². The molecule has 0 aliphatic heterocycles. The molecule has 33 heavy (non-hydrogen) atoms. The van der Waals surface area contributed by atoms with Crippen LogP contribution in [0, 0.1) is 0 Å². The van der Waals surface area contributed by atoms with Crippen LogP contribution >= 0.6 is 15.9 Å². The van der Waals surface area contributed by atoms with Gasteiger partial charge in [0.25, 0.3) is 0 Å². The highest BCUT2D eigenvalue weighted by Gasteiger charge is 2.15. The number of halogens is 1. The second-order valence-electron chi connectivity index (χ2n) is 7.43. The van der Waals surface area contributed by atoms with Crippen molar-refractivity contribution >= 4 is 22.0 Å². The summed E-state index contributed by atoms with van der Waals surface area (Å²) in [5, 5.41) is 0.834. The van der Waals surface area contributed by atoms with E-state index in [1.165, 1.54) is 0 Å². The van der Waals surface area contributed by atoms with Crippen molar-refractivity contribution in [3.05, 3.63) is 0 Å². The third kappa shape index (κ3) is 29.4. The average molecular weight is 548 g/mol. The van der Waals surface area contributed by atoms with Crippen molar-refractivity contribution in [2.24, 2.45) is 0 Å². The molecule has 1 N–H and O–H groups in total. The number of amides is 1. The molecule has 11 nitrogen and oxygen atoms in total. The van der Waals surface area contributed by atoms with Crippen molar-refractivity contribution in [3.8, 4) is 0 Å². The van der Waals surface area contributed by atoms with E-state index >= 15 is 0 Å². The van der Waals surface area contributed by atoms with Crippen molar-refractivity contribution in [2.75, 3.05) is 104 Å². The quantitative estimate of drug-likeness (QED) is 0.109. The summed E-state index contributed by atoms with van der Waals surface area (Å²) in [4.78, 5) is 16.3. The van der Waals surface area contributed by atoms with E-state index in [2.05, 4.69) is 21.4 Å². The molecule has 0 aliphatic carbocycles. The molecule has 0 aliphatic rings. The van der Waals surface area contributed by atoms with Gasteiger partial charge >= 0.3 is 6.09 Å². The molecule has 0 unspecified atom stereocenters. The van der Waals surface area contributed by atoms with Gasteiger partial charge in [0.15, 0.2) is 0 Å². The molecule has 0 aromatic carbocycles. The number of alkyl halides is 1. The molecule has 198 valence electrons. The van der Waals surface area contributed by atoms with Crippen LogP contribution < -0.4 is 5.48 Å². The lowest BCUT2D eigenvalue weighted by atomic mass is 10.2. The summed E-state index contributed by atoms with van der Waals surface area (Å²) in [6, 6.07) is 0. The van der Waals surface area contributed by atoms with Crippen molar-refractivity contribution in [1.29, 1.82) is 0 Å². The zero-order valence-electron chi connectivity index (χ0n) is 20.3. The molecule has 0 heterocycles. The highest BCUT2D eigenvalue weighted by molar-refractivity contribution is 9.09. The minimum atomic E-state index is -0.631. The summed E-state index contributed by atoms with van der Waals surface area (Å²) < 4.78 is 42.6. The van der Waals surface area contributed by atoms with Crippen LogP contribution in [0.5, 0.6) is 0 Å². The fraction of sp³-hybridized carbons (Fsp3) is 0.952. The third-order valence-corrected chi connectivity index (χ3v) is 3.66. The normalized spacial score (nSPS) is 11.6. The fourth-order valence-corrected chi connectivity index (χ4v) is 2.21. The Hall–Kier alpha value is -0.570. The summed E-state index contributed by atoms with van der Waals surface area (Å²) in [6.07, 6.45) is -0.631. The van der Waals surface area contributed by atoms with Gasteiger partial charge < -0.3 is 37.9 Å². The van der Waals surface area contributed by atoms with Crippen molar-refractivity contribution < 1.29 is 47.5 Å². The van der Waals surface area contributed by atoms with Gasteiger partial charge in [-0.15, -0.1) is 0 Å². The lowest BCUT2D eigenvalue weighted by molar-refractivity contribution is -0.0379. The van der Waals surface area contributed by atoms with E-state index in [0.29, 0.717) is 92.5 Å². The van der Waals surface area contributed by atoms with Gasteiger partial charge in [0.05, 0.1) is 99.1 Å². The lowest BCUT2D eigenvalue weighted by Crippen LogP contribution is -2.33. The second-order valence-corrected chi connectivity index (χ2v) is 8.22. The molecule has 1 amide bonds. The van der Waals surface area contributed by atoms with Crippen LogP contribution in [0.15, 0.2) is 0 Å². The lowest BCUT2D eigenvalue weighted by Gasteiger charge is -2.19. The monoisotopic (exact) mass is 547 g/mol. The molecule has 0 bridgehead atoms. The zero-order chi connectivity index (χ0) is 24.5. The number of hydroxylamine groups is 1. The Labute approximate surface area is 206 Å². The minimum Gasteiger partial charge on any atom is -0.442 e. The average Bonchev–Trinajstić information content (AvgIpc) is 2.75. The summed E-state index contributed by atoms with van der Waals surface area (Å²) in [6.45, 7) is 12.7. The Bertz CT molecular complexity index is 426. The Morgan fingerprint density at radius 1 is 0.576 bits per heavy atom. The van der Waals surface area contributed by atoms with E-state index in [-0.39, 0.29) is 6.61 Å². The smallest absolute Gasteiger partial charge is 0.431 e. The van der Waals surface area contributed by atoms with E-state index in [4.69, 9.17) is 42.7 Å². The molecule has 0 radical (unpaired) electrons. The highest BCUT2D eigenvalue weighted by Crippen LogP contribution is 2.06. The van der Waals surface area contributed by atoms with E-state index < -0.39 is 11.7 Å². The number of ether oxygens (including phenoxy) is 8. The number of carbonyl (C=O) groups excluding carboxylic acids is 1. The number of rotatable bonds is 24. The second kappa shape index (κ2) is 24.6. The summed E-state index contributed by atoms with van der Waals surface area (Å²) in [5.74, 6) is 0. The van der Waals surface area contributed by atoms with Crippen LogP contribution in [0.25, 0.3) is 0 Å². The van der Waals surface area contributed by atoms with Crippen LogP contribution in [-0.2, 0) is 42.7 Å². The number of hydrogen-bond acceptors (Lipinski definition) is 10. The summed E-state index contributed by atoms with van der Waals surface area (Å²) in [7, 11) is 0. The number of hydrogen-bond donors (Lipinski definition) is 1. The van der Waals surface area contributed by atoms with Gasteiger partial charge in [-0.1, -0.05) is 15.9 Å². The van der Waals surface area contributed by atoms with Crippen molar-refractivity contribution in [3.63, 3.8) is 0 Å². The van der Waals surface area contributed by atoms with Crippen LogP contribution in [-0.4, -0.2) is 116 Å². The van der Waals surface area contributed by atoms with E-state index in [1.807, 2.05) is 0 Å². The molecular formula is C21H42BrNO10. The SMILES string of the molecule is CC(C)(C)OC(=O)NOCCOCCOCCOCCOCCOCCOCCOCCBr. The first-order valence-electron chi connectivity index (χ1n) is 11.2. The first kappa shape index (κ1) is 32.4. The maximum atomic E-state index is 11.3. The molecule has 0 saturated carbocycles. The zero-order valence-corrected chi connectivity index (χ0v) is 21.9. The Kier molecular flexibility index (Phi) is 24.1. The van der Waals surface area contributed by atoms with E-state index in [0.717, 1.165) is 5.33 Å². The molecule has 0 aromatic rings. The van der Waals surface area contributed by atoms with E-state index in [1.54, 1.807) is 20.8 Å². The molecule has 0 spiro atoms. The van der Waals surface area contributed by atoms with Gasteiger partial charge in [0, 0.05) is 5.33 Å². The first-order chi connectivity index (χ1) is 16.0. The third-order valence-electron chi connectivity index (χ3n) is 3.34. The van der Waals surface area contributed by atoms with Crippen LogP contribution in [0.3, 0.4) is 0 Å². The van der Waals surface area contributed by atoms with Crippen molar-refractivity contribution in [2.45, 2.75) is 26.4 Å². The fourth-order valence-electron chi connectivity index (χ4n) is 1.99. The van der Waals surface area contributed by atoms with Crippen LogP contribution in [0.1, 0.15) is 20.8 Å². The molecule has 12 heteroatoms. The Morgan fingerprint density at radius 3 is 1.18 bits per heavy atom. The largest absolute Gasteiger partial charge is 0.442 e. The van der Waals surface area contributed by atoms with Crippen LogP contribution in [0.2, 0.25) is 0 Å². The number of nitrogens with one attached hydrogen (secondary N) is 1. The van der Waals surface area contributed by atoms with Gasteiger partial charge in [-0.3, -0.25) is 4.84 Å². The minimum absolute atomic E-state index is 0.217. The summed E-state index contributed by atoms with van der Waals surface area (Å²) in [5.41, 5.74) is 1.62. The Morgan fingerprint density at radius 2 is 0.879 bits per heavy atom. The summed E-state index contributed by atoms with van der Waals surface area (Å²) >= 11 is 3.29. The molecule has 0 rings (SSSR count). The molecule has 0 saturated heterocycles. The topological polar surface area (TPSA) is 112 Å². The predicted octanol–water partition coefficient (Wildman–Crippen LogP) is 1.95. The van der Waals surface area contributed by atoms with Gasteiger partial charge in [-0.05, 0) is 20.8 Å². The first-order valence-corrected chi connectivity index (χ1v) is 12.3. The highest BCUT2D eigenvalue weighted by atomic mass is 79.9. The van der Waals surface area contributed by atoms with Gasteiger partial charge in [-0.2, -0.15) is 5.48 Å². The van der Waals surface area contributed by atoms with E-state index in [9.17, 15) is 4.79 Å². The van der Waals surface area contributed by atoms with Gasteiger partial charge in [0.1, 0.15) is 5.60 Å². The standard InChI is InChI=1S/C21H42BrNO10/c1-21(2,3)33-20(24)23-32-19-18-31-17-16-30-15-14-29-13-12-28-11-10-27-9-8-26-7-6-25-5-4-22/h4-19H2,1-3H3,(H,23,24). The molecule has 0 aromatic heterocycles. The van der Waals surface area contributed by atoms with Crippen LogP contribution in [0.4, 0.5) is 4.79 Å². The Balaban J connectivity index is 3.10. The maximum absolute atomic E-state index is 11.3. The maximum Gasteiger partial charge on any atom is 0.431 e. The molecule has 0 fully saturated rings. The van der Waals surface area contributed by atoms with Gasteiger partial charge in [0.2, 0.25) is 0 Å².